The van der Waals surface area contributed by atoms with Crippen LogP contribution in [0.3, 0.4) is 0 Å². The highest BCUT2D eigenvalue weighted by Crippen LogP contribution is 2.32. The molecule has 0 atom stereocenters. The molecule has 1 amide bonds. The summed E-state index contributed by atoms with van der Waals surface area (Å²) >= 11 is 1.44. The lowest BCUT2D eigenvalue weighted by Gasteiger charge is -2.25. The van der Waals surface area contributed by atoms with Crippen LogP contribution in [0.5, 0.6) is 5.75 Å². The van der Waals surface area contributed by atoms with Crippen molar-refractivity contribution in [1.29, 1.82) is 0 Å². The Hall–Kier alpha value is -3.18. The molecule has 214 valence electrons. The van der Waals surface area contributed by atoms with Gasteiger partial charge in [-0.1, -0.05) is 43.4 Å². The number of thiazole rings is 1. The Morgan fingerprint density at radius 2 is 1.60 bits per heavy atom. The van der Waals surface area contributed by atoms with Crippen LogP contribution in [0.2, 0.25) is 0 Å². The van der Waals surface area contributed by atoms with Crippen LogP contribution in [-0.4, -0.2) is 64.0 Å². The van der Waals surface area contributed by atoms with Gasteiger partial charge in [-0.3, -0.25) is 14.0 Å². The average molecular weight is 603 g/mol. The standard InChI is InChI=1S/C29H34N4O4S2.ClH/c1-5-32(6-2)19-20-33(29-30-26-18-15-24(37-7-3)21-27(26)38-29)28(34)22-13-16-25(17-14-22)39(35,36)31(4)23-11-9-8-10-12-23;/h8-18,21H,5-7,19-20H2,1-4H3;1H. The van der Waals surface area contributed by atoms with E-state index < -0.39 is 10.0 Å². The molecule has 0 bridgehead atoms. The molecular weight excluding hydrogens is 568 g/mol. The van der Waals surface area contributed by atoms with E-state index >= 15 is 0 Å². The summed E-state index contributed by atoms with van der Waals surface area (Å²) < 4.78 is 34.2. The van der Waals surface area contributed by atoms with Crippen LogP contribution < -0.4 is 13.9 Å². The van der Waals surface area contributed by atoms with Crippen LogP contribution in [-0.2, 0) is 10.0 Å². The number of amides is 1. The van der Waals surface area contributed by atoms with E-state index in [1.54, 1.807) is 41.3 Å². The highest BCUT2D eigenvalue weighted by Gasteiger charge is 2.25. The van der Waals surface area contributed by atoms with E-state index in [4.69, 9.17) is 9.72 Å². The fourth-order valence-electron chi connectivity index (χ4n) is 4.19. The molecule has 0 spiro atoms. The van der Waals surface area contributed by atoms with Gasteiger partial charge in [0.25, 0.3) is 15.9 Å². The van der Waals surface area contributed by atoms with E-state index in [0.29, 0.717) is 36.1 Å². The molecule has 0 radical (unpaired) electrons. The zero-order valence-electron chi connectivity index (χ0n) is 23.1. The van der Waals surface area contributed by atoms with E-state index in [1.165, 1.54) is 34.8 Å². The maximum absolute atomic E-state index is 13.8. The molecule has 0 aliphatic heterocycles. The van der Waals surface area contributed by atoms with Gasteiger partial charge in [-0.2, -0.15) is 0 Å². The van der Waals surface area contributed by atoms with Crippen molar-refractivity contribution in [3.05, 3.63) is 78.4 Å². The molecule has 0 unspecified atom stereocenters. The first-order valence-electron chi connectivity index (χ1n) is 13.0. The van der Waals surface area contributed by atoms with E-state index in [1.807, 2.05) is 31.2 Å². The Balaban J connectivity index is 0.00000441. The largest absolute Gasteiger partial charge is 0.494 e. The minimum atomic E-state index is -3.78. The highest BCUT2D eigenvalue weighted by atomic mass is 35.5. The first-order chi connectivity index (χ1) is 18.8. The summed E-state index contributed by atoms with van der Waals surface area (Å²) in [7, 11) is -2.27. The second-order valence-corrected chi connectivity index (χ2v) is 11.9. The molecule has 0 fully saturated rings. The van der Waals surface area contributed by atoms with Crippen molar-refractivity contribution in [2.24, 2.45) is 0 Å². The molecule has 40 heavy (non-hydrogen) atoms. The van der Waals surface area contributed by atoms with Crippen molar-refractivity contribution in [2.45, 2.75) is 25.7 Å². The van der Waals surface area contributed by atoms with Crippen molar-refractivity contribution in [3.8, 4) is 5.75 Å². The Labute approximate surface area is 246 Å². The number of nitrogens with zero attached hydrogens (tertiary/aromatic N) is 4. The van der Waals surface area contributed by atoms with Gasteiger partial charge in [-0.15, -0.1) is 12.4 Å². The number of carbonyl (C=O) groups excluding carboxylic acids is 1. The number of sulfonamides is 1. The molecule has 0 N–H and O–H groups in total. The summed E-state index contributed by atoms with van der Waals surface area (Å²) in [6, 6.07) is 20.7. The second-order valence-electron chi connectivity index (χ2n) is 8.88. The Morgan fingerprint density at radius 1 is 0.925 bits per heavy atom. The molecular formula is C29H35ClN4O4S2. The van der Waals surface area contributed by atoms with Gasteiger partial charge in [0, 0.05) is 25.7 Å². The van der Waals surface area contributed by atoms with Gasteiger partial charge in [-0.05, 0) is 74.6 Å². The Kier molecular flexibility index (Phi) is 10.9. The van der Waals surface area contributed by atoms with Crippen LogP contribution in [0.1, 0.15) is 31.1 Å². The highest BCUT2D eigenvalue weighted by molar-refractivity contribution is 7.92. The van der Waals surface area contributed by atoms with Crippen LogP contribution in [0.4, 0.5) is 10.8 Å². The number of hydrogen-bond acceptors (Lipinski definition) is 7. The summed E-state index contributed by atoms with van der Waals surface area (Å²) in [6.07, 6.45) is 0. The molecule has 8 nitrogen and oxygen atoms in total. The van der Waals surface area contributed by atoms with Crippen molar-refractivity contribution in [2.75, 3.05) is 49.0 Å². The lowest BCUT2D eigenvalue weighted by Crippen LogP contribution is -2.38. The molecule has 11 heteroatoms. The van der Waals surface area contributed by atoms with Crippen molar-refractivity contribution in [1.82, 2.24) is 9.88 Å². The second kappa shape index (κ2) is 13.9. The number of carbonyl (C=O) groups is 1. The predicted molar refractivity (Wildman–Crippen MR) is 166 cm³/mol. The maximum Gasteiger partial charge on any atom is 0.264 e. The van der Waals surface area contributed by atoms with E-state index in [9.17, 15) is 13.2 Å². The number of para-hydroxylation sites is 1. The first-order valence-corrected chi connectivity index (χ1v) is 15.3. The lowest BCUT2D eigenvalue weighted by molar-refractivity contribution is 0.0983. The summed E-state index contributed by atoms with van der Waals surface area (Å²) in [4.78, 5) is 22.6. The van der Waals surface area contributed by atoms with Crippen LogP contribution in [0, 0.1) is 0 Å². The van der Waals surface area contributed by atoms with Gasteiger partial charge in [0.15, 0.2) is 5.13 Å². The summed E-state index contributed by atoms with van der Waals surface area (Å²) in [5.74, 6) is 0.532. The monoisotopic (exact) mass is 602 g/mol. The van der Waals surface area contributed by atoms with Gasteiger partial charge in [0.2, 0.25) is 0 Å². The third kappa shape index (κ3) is 6.93. The van der Waals surface area contributed by atoms with Crippen molar-refractivity contribution in [3.63, 3.8) is 0 Å². The molecule has 1 heterocycles. The fourth-order valence-corrected chi connectivity index (χ4v) is 6.40. The molecule has 0 aliphatic rings. The zero-order valence-corrected chi connectivity index (χ0v) is 25.6. The molecule has 0 saturated carbocycles. The van der Waals surface area contributed by atoms with Crippen LogP contribution in [0.25, 0.3) is 10.2 Å². The molecule has 4 rings (SSSR count). The number of aromatic nitrogens is 1. The smallest absolute Gasteiger partial charge is 0.264 e. The van der Waals surface area contributed by atoms with Crippen molar-refractivity contribution < 1.29 is 17.9 Å². The van der Waals surface area contributed by atoms with Gasteiger partial charge in [0.1, 0.15) is 5.75 Å². The number of ether oxygens (including phenoxy) is 1. The average Bonchev–Trinajstić information content (AvgIpc) is 3.38. The maximum atomic E-state index is 13.8. The first kappa shape index (κ1) is 31.3. The lowest BCUT2D eigenvalue weighted by atomic mass is 10.2. The molecule has 4 aromatic rings. The topological polar surface area (TPSA) is 83.0 Å². The van der Waals surface area contributed by atoms with Gasteiger partial charge in [0.05, 0.1) is 27.4 Å². The summed E-state index contributed by atoms with van der Waals surface area (Å²) in [5, 5.41) is 0.594. The van der Waals surface area contributed by atoms with E-state index in [2.05, 4.69) is 18.7 Å². The van der Waals surface area contributed by atoms with Gasteiger partial charge in [-0.25, -0.2) is 13.4 Å². The van der Waals surface area contributed by atoms with Gasteiger partial charge >= 0.3 is 0 Å². The fraction of sp³-hybridized carbons (Fsp3) is 0.310. The Bertz CT molecular complexity index is 1510. The number of benzene rings is 3. The van der Waals surface area contributed by atoms with Crippen LogP contribution >= 0.6 is 23.7 Å². The minimum Gasteiger partial charge on any atom is -0.494 e. The third-order valence-corrected chi connectivity index (χ3v) is 9.39. The number of anilines is 2. The number of halogens is 1. The quantitative estimate of drug-likeness (QED) is 0.200. The van der Waals surface area contributed by atoms with Crippen molar-refractivity contribution >= 4 is 60.7 Å². The number of fused-ring (bicyclic) bond motifs is 1. The van der Waals surface area contributed by atoms with Gasteiger partial charge < -0.3 is 9.64 Å². The Morgan fingerprint density at radius 3 is 2.23 bits per heavy atom. The number of rotatable bonds is 12. The number of likely N-dealkylation sites (N-methyl/N-ethyl adjacent to an activating group) is 1. The normalized spacial score (nSPS) is 11.3. The molecule has 0 saturated heterocycles. The van der Waals surface area contributed by atoms with E-state index in [0.717, 1.165) is 29.1 Å². The minimum absolute atomic E-state index is 0. The summed E-state index contributed by atoms with van der Waals surface area (Å²) in [6.45, 7) is 9.57. The third-order valence-electron chi connectivity index (χ3n) is 6.55. The van der Waals surface area contributed by atoms with E-state index in [-0.39, 0.29) is 23.2 Å². The molecule has 3 aromatic carbocycles. The summed E-state index contributed by atoms with van der Waals surface area (Å²) in [5.41, 5.74) is 1.75. The SMILES string of the molecule is CCOc1ccc2nc(N(CCN(CC)CC)C(=O)c3ccc(S(=O)(=O)N(C)c4ccccc4)cc3)sc2c1.Cl. The zero-order chi connectivity index (χ0) is 28.0. The number of hydrogen-bond donors (Lipinski definition) is 0. The molecule has 0 aliphatic carbocycles. The predicted octanol–water partition coefficient (Wildman–Crippen LogP) is 5.93. The van der Waals surface area contributed by atoms with Crippen LogP contribution in [0.15, 0.2) is 77.7 Å². The molecule has 1 aromatic heterocycles.